The molecule has 1 aliphatic carbocycles. The molecule has 0 heterocycles. The van der Waals surface area contributed by atoms with E-state index in [4.69, 9.17) is 0 Å². The number of amides is 1. The molecule has 1 aromatic carbocycles. The molecule has 0 radical (unpaired) electrons. The lowest BCUT2D eigenvalue weighted by molar-refractivity contribution is -0.120. The highest BCUT2D eigenvalue weighted by molar-refractivity contribution is 9.10. The topological polar surface area (TPSA) is 41.1 Å². The Kier molecular flexibility index (Phi) is 5.46. The molecule has 3 nitrogen and oxygen atoms in total. The summed E-state index contributed by atoms with van der Waals surface area (Å²) in [5.41, 5.74) is 2.15. The summed E-state index contributed by atoms with van der Waals surface area (Å²) < 4.78 is 1.06. The summed E-state index contributed by atoms with van der Waals surface area (Å²) in [4.78, 5) is 12.0. The van der Waals surface area contributed by atoms with Crippen molar-refractivity contribution in [3.63, 3.8) is 0 Å². The summed E-state index contributed by atoms with van der Waals surface area (Å²) in [6.45, 7) is 4.66. The Labute approximate surface area is 129 Å². The molecule has 0 aromatic heterocycles. The van der Waals surface area contributed by atoms with Crippen molar-refractivity contribution in [2.45, 2.75) is 45.6 Å². The van der Waals surface area contributed by atoms with Gasteiger partial charge >= 0.3 is 0 Å². The summed E-state index contributed by atoms with van der Waals surface area (Å²) >= 11 is 3.44. The number of anilines is 1. The average molecular weight is 339 g/mol. The number of hydrogen-bond acceptors (Lipinski definition) is 2. The Bertz CT molecular complexity index is 468. The Morgan fingerprint density at radius 1 is 1.30 bits per heavy atom. The molecule has 0 aliphatic heterocycles. The molecule has 0 unspecified atom stereocenters. The fourth-order valence-corrected chi connectivity index (χ4v) is 3.16. The zero-order valence-corrected chi connectivity index (χ0v) is 13.8. The van der Waals surface area contributed by atoms with Crippen molar-refractivity contribution in [1.29, 1.82) is 0 Å². The molecule has 2 rings (SSSR count). The molecule has 0 spiro atoms. The van der Waals surface area contributed by atoms with Crippen LogP contribution in [-0.4, -0.2) is 18.5 Å². The molecule has 1 aromatic rings. The van der Waals surface area contributed by atoms with Gasteiger partial charge in [-0.2, -0.15) is 0 Å². The molecule has 20 heavy (non-hydrogen) atoms. The molecular formula is C16H23BrN2O. The molecule has 4 heteroatoms. The largest absolute Gasteiger partial charge is 0.376 e. The van der Waals surface area contributed by atoms with E-state index in [0.29, 0.717) is 12.6 Å². The Morgan fingerprint density at radius 3 is 2.65 bits per heavy atom. The van der Waals surface area contributed by atoms with E-state index in [-0.39, 0.29) is 5.91 Å². The third-order valence-electron chi connectivity index (χ3n) is 4.01. The van der Waals surface area contributed by atoms with Crippen molar-refractivity contribution in [3.05, 3.63) is 28.2 Å². The maximum absolute atomic E-state index is 12.0. The Hall–Kier alpha value is -1.03. The van der Waals surface area contributed by atoms with E-state index >= 15 is 0 Å². The molecule has 0 atom stereocenters. The highest BCUT2D eigenvalue weighted by Crippen LogP contribution is 2.23. The van der Waals surface area contributed by atoms with Gasteiger partial charge in [0, 0.05) is 16.2 Å². The van der Waals surface area contributed by atoms with Crippen LogP contribution >= 0.6 is 15.9 Å². The predicted octanol–water partition coefficient (Wildman–Crippen LogP) is 3.86. The first-order chi connectivity index (χ1) is 9.54. The number of halogens is 1. The van der Waals surface area contributed by atoms with E-state index in [2.05, 4.69) is 33.5 Å². The van der Waals surface area contributed by atoms with Gasteiger partial charge in [-0.3, -0.25) is 4.79 Å². The molecule has 1 fully saturated rings. The highest BCUT2D eigenvalue weighted by Gasteiger charge is 2.19. The van der Waals surface area contributed by atoms with Crippen molar-refractivity contribution in [1.82, 2.24) is 5.32 Å². The van der Waals surface area contributed by atoms with Crippen LogP contribution in [0.4, 0.5) is 5.69 Å². The van der Waals surface area contributed by atoms with Gasteiger partial charge in [-0.05, 0) is 62.3 Å². The van der Waals surface area contributed by atoms with Gasteiger partial charge in [0.25, 0.3) is 0 Å². The molecule has 110 valence electrons. The minimum atomic E-state index is 0.0897. The normalized spacial score (nSPS) is 22.4. The average Bonchev–Trinajstić information content (AvgIpc) is 2.40. The minimum Gasteiger partial charge on any atom is -0.376 e. The quantitative estimate of drug-likeness (QED) is 0.874. The fraction of sp³-hybridized carbons (Fsp3) is 0.562. The van der Waals surface area contributed by atoms with Crippen molar-refractivity contribution in [3.8, 4) is 0 Å². The van der Waals surface area contributed by atoms with Crippen LogP contribution in [0.15, 0.2) is 22.7 Å². The maximum atomic E-state index is 12.0. The molecule has 1 aliphatic rings. The lowest BCUT2D eigenvalue weighted by Crippen LogP contribution is -2.40. The van der Waals surface area contributed by atoms with Crippen LogP contribution in [-0.2, 0) is 4.79 Å². The van der Waals surface area contributed by atoms with Gasteiger partial charge in [0.05, 0.1) is 6.54 Å². The standard InChI is InChI=1S/C16H23BrN2O/c1-11-3-6-14(7-4-11)19-16(20)10-18-15-8-5-13(17)9-12(15)2/h5,8-9,11,14,18H,3-4,6-7,10H2,1-2H3,(H,19,20). The summed E-state index contributed by atoms with van der Waals surface area (Å²) in [6.07, 6.45) is 4.68. The van der Waals surface area contributed by atoms with Crippen LogP contribution in [0.1, 0.15) is 38.2 Å². The number of carbonyl (C=O) groups is 1. The third-order valence-corrected chi connectivity index (χ3v) is 4.50. The summed E-state index contributed by atoms with van der Waals surface area (Å²) in [5.74, 6) is 0.901. The van der Waals surface area contributed by atoms with Crippen molar-refractivity contribution in [2.24, 2.45) is 5.92 Å². The van der Waals surface area contributed by atoms with E-state index in [1.807, 2.05) is 25.1 Å². The van der Waals surface area contributed by atoms with Crippen LogP contribution in [0.2, 0.25) is 0 Å². The minimum absolute atomic E-state index is 0.0897. The lowest BCUT2D eigenvalue weighted by atomic mass is 9.87. The summed E-state index contributed by atoms with van der Waals surface area (Å²) in [7, 11) is 0. The maximum Gasteiger partial charge on any atom is 0.239 e. The molecular weight excluding hydrogens is 316 g/mol. The van der Waals surface area contributed by atoms with Gasteiger partial charge in [-0.15, -0.1) is 0 Å². The van der Waals surface area contributed by atoms with Crippen LogP contribution < -0.4 is 10.6 Å². The second-order valence-electron chi connectivity index (χ2n) is 5.84. The third kappa shape index (κ3) is 4.51. The Morgan fingerprint density at radius 2 is 2.00 bits per heavy atom. The molecule has 0 saturated heterocycles. The van der Waals surface area contributed by atoms with E-state index in [1.165, 1.54) is 12.8 Å². The monoisotopic (exact) mass is 338 g/mol. The zero-order valence-electron chi connectivity index (χ0n) is 12.2. The lowest BCUT2D eigenvalue weighted by Gasteiger charge is -2.27. The summed E-state index contributed by atoms with van der Waals surface area (Å²) in [5, 5.41) is 6.34. The van der Waals surface area contributed by atoms with Crippen molar-refractivity contribution in [2.75, 3.05) is 11.9 Å². The van der Waals surface area contributed by atoms with Crippen molar-refractivity contribution >= 4 is 27.5 Å². The van der Waals surface area contributed by atoms with Gasteiger partial charge in [-0.25, -0.2) is 0 Å². The van der Waals surface area contributed by atoms with E-state index in [1.54, 1.807) is 0 Å². The first-order valence-electron chi connectivity index (χ1n) is 7.34. The zero-order chi connectivity index (χ0) is 14.5. The van der Waals surface area contributed by atoms with Gasteiger partial charge in [0.2, 0.25) is 5.91 Å². The first kappa shape index (κ1) is 15.4. The van der Waals surface area contributed by atoms with Crippen LogP contribution in [0.5, 0.6) is 0 Å². The van der Waals surface area contributed by atoms with Gasteiger partial charge in [0.1, 0.15) is 0 Å². The smallest absolute Gasteiger partial charge is 0.239 e. The number of hydrogen-bond donors (Lipinski definition) is 2. The van der Waals surface area contributed by atoms with E-state index in [9.17, 15) is 4.79 Å². The van der Waals surface area contributed by atoms with Gasteiger partial charge in [0.15, 0.2) is 0 Å². The highest BCUT2D eigenvalue weighted by atomic mass is 79.9. The van der Waals surface area contributed by atoms with E-state index < -0.39 is 0 Å². The van der Waals surface area contributed by atoms with Crippen LogP contribution in [0, 0.1) is 12.8 Å². The van der Waals surface area contributed by atoms with Gasteiger partial charge in [-0.1, -0.05) is 22.9 Å². The number of aryl methyl sites for hydroxylation is 1. The Balaban J connectivity index is 1.77. The molecule has 2 N–H and O–H groups in total. The SMILES string of the molecule is Cc1cc(Br)ccc1NCC(=O)NC1CCC(C)CC1. The fourth-order valence-electron chi connectivity index (χ4n) is 2.68. The van der Waals surface area contributed by atoms with Gasteiger partial charge < -0.3 is 10.6 Å². The number of carbonyl (C=O) groups excluding carboxylic acids is 1. The molecule has 1 amide bonds. The van der Waals surface area contributed by atoms with Crippen LogP contribution in [0.3, 0.4) is 0 Å². The number of nitrogens with one attached hydrogen (secondary N) is 2. The number of benzene rings is 1. The van der Waals surface area contributed by atoms with E-state index in [0.717, 1.165) is 34.5 Å². The second kappa shape index (κ2) is 7.11. The molecule has 1 saturated carbocycles. The first-order valence-corrected chi connectivity index (χ1v) is 8.13. The summed E-state index contributed by atoms with van der Waals surface area (Å²) in [6, 6.07) is 6.39. The predicted molar refractivity (Wildman–Crippen MR) is 86.9 cm³/mol. The molecule has 0 bridgehead atoms. The second-order valence-corrected chi connectivity index (χ2v) is 6.75. The number of rotatable bonds is 4. The van der Waals surface area contributed by atoms with Crippen molar-refractivity contribution < 1.29 is 4.79 Å². The van der Waals surface area contributed by atoms with Crippen LogP contribution in [0.25, 0.3) is 0 Å².